The van der Waals surface area contributed by atoms with Gasteiger partial charge in [0.05, 0.1) is 10.9 Å². The first-order valence-electron chi connectivity index (χ1n) is 9.86. The molecule has 0 heterocycles. The number of hydrogen-bond donors (Lipinski definition) is 2. The molecule has 30 heavy (non-hydrogen) atoms. The molecule has 0 radical (unpaired) electrons. The van der Waals surface area contributed by atoms with Crippen molar-refractivity contribution in [2.24, 2.45) is 0 Å². The maximum Gasteiger partial charge on any atom is 0.261 e. The molecule has 0 saturated heterocycles. The monoisotopic (exact) mass is 422 g/mol. The molecule has 0 aromatic heterocycles. The van der Waals surface area contributed by atoms with Crippen molar-refractivity contribution in [2.45, 2.75) is 38.1 Å². The maximum absolute atomic E-state index is 12.7. The number of hydrogen-bond acceptors (Lipinski definition) is 3. The van der Waals surface area contributed by atoms with Gasteiger partial charge in [0.15, 0.2) is 0 Å². The first-order chi connectivity index (χ1) is 14.3. The Labute approximate surface area is 178 Å². The van der Waals surface area contributed by atoms with Crippen molar-refractivity contribution >= 4 is 21.6 Å². The highest BCUT2D eigenvalue weighted by Crippen LogP contribution is 2.22. The predicted molar refractivity (Wildman–Crippen MR) is 120 cm³/mol. The van der Waals surface area contributed by atoms with E-state index in [-0.39, 0.29) is 16.8 Å². The molecule has 2 N–H and O–H groups in total. The van der Waals surface area contributed by atoms with Crippen LogP contribution in [0.1, 0.15) is 46.4 Å². The quantitative estimate of drug-likeness (QED) is 0.563. The average Bonchev–Trinajstić information content (AvgIpc) is 2.73. The SMILES string of the molecule is CCC(NC(=O)c1ccc(NS(=O)(=O)c2ccc(C)cc2)cc1)c1ccccc1C. The van der Waals surface area contributed by atoms with Crippen molar-refractivity contribution in [3.05, 3.63) is 95.1 Å². The standard InChI is InChI=1S/C24H26N2O3S/c1-4-23(22-8-6-5-7-18(22)3)25-24(27)19-11-13-20(14-12-19)26-30(28,29)21-15-9-17(2)10-16-21/h5-16,23,26H,4H2,1-3H3,(H,25,27). The number of carbonyl (C=O) groups is 1. The van der Waals surface area contributed by atoms with Gasteiger partial charge in [-0.25, -0.2) is 8.42 Å². The number of carbonyl (C=O) groups excluding carboxylic acids is 1. The zero-order chi connectivity index (χ0) is 21.7. The lowest BCUT2D eigenvalue weighted by Gasteiger charge is -2.19. The van der Waals surface area contributed by atoms with Gasteiger partial charge in [0.1, 0.15) is 0 Å². The van der Waals surface area contributed by atoms with E-state index in [9.17, 15) is 13.2 Å². The van der Waals surface area contributed by atoms with Gasteiger partial charge in [-0.15, -0.1) is 0 Å². The van der Waals surface area contributed by atoms with Gasteiger partial charge >= 0.3 is 0 Å². The highest BCUT2D eigenvalue weighted by Gasteiger charge is 2.17. The minimum absolute atomic E-state index is 0.0848. The maximum atomic E-state index is 12.7. The summed E-state index contributed by atoms with van der Waals surface area (Å²) in [5, 5.41) is 3.06. The van der Waals surface area contributed by atoms with Crippen molar-refractivity contribution < 1.29 is 13.2 Å². The summed E-state index contributed by atoms with van der Waals surface area (Å²) in [6, 6.07) is 21.0. The van der Waals surface area contributed by atoms with Crippen LogP contribution in [0.4, 0.5) is 5.69 Å². The summed E-state index contributed by atoms with van der Waals surface area (Å²) < 4.78 is 27.6. The topological polar surface area (TPSA) is 75.3 Å². The zero-order valence-corrected chi connectivity index (χ0v) is 18.2. The molecular formula is C24H26N2O3S. The fourth-order valence-electron chi connectivity index (χ4n) is 3.24. The molecule has 6 heteroatoms. The molecule has 1 atom stereocenters. The summed E-state index contributed by atoms with van der Waals surface area (Å²) in [5.74, 6) is -0.196. The Morgan fingerprint density at radius 1 is 0.900 bits per heavy atom. The van der Waals surface area contributed by atoms with Crippen LogP contribution in [0.25, 0.3) is 0 Å². The van der Waals surface area contributed by atoms with Gasteiger partial charge in [-0.2, -0.15) is 0 Å². The minimum Gasteiger partial charge on any atom is -0.345 e. The highest BCUT2D eigenvalue weighted by molar-refractivity contribution is 7.92. The van der Waals surface area contributed by atoms with E-state index in [0.29, 0.717) is 11.3 Å². The molecule has 3 aromatic carbocycles. The number of nitrogens with one attached hydrogen (secondary N) is 2. The van der Waals surface area contributed by atoms with Crippen molar-refractivity contribution in [3.63, 3.8) is 0 Å². The molecule has 0 aliphatic rings. The third kappa shape index (κ3) is 5.07. The molecule has 1 unspecified atom stereocenters. The van der Waals surface area contributed by atoms with Gasteiger partial charge in [0, 0.05) is 11.3 Å². The highest BCUT2D eigenvalue weighted by atomic mass is 32.2. The Kier molecular flexibility index (Phi) is 6.57. The first-order valence-corrected chi connectivity index (χ1v) is 11.3. The lowest BCUT2D eigenvalue weighted by Crippen LogP contribution is -2.28. The number of anilines is 1. The van der Waals surface area contributed by atoms with Crippen LogP contribution in [0.5, 0.6) is 0 Å². The Morgan fingerprint density at radius 3 is 2.13 bits per heavy atom. The zero-order valence-electron chi connectivity index (χ0n) is 17.3. The van der Waals surface area contributed by atoms with Gasteiger partial charge in [0.25, 0.3) is 15.9 Å². The third-order valence-corrected chi connectivity index (χ3v) is 6.41. The van der Waals surface area contributed by atoms with Gasteiger partial charge in [-0.3, -0.25) is 9.52 Å². The van der Waals surface area contributed by atoms with E-state index in [4.69, 9.17) is 0 Å². The number of aryl methyl sites for hydroxylation is 2. The minimum atomic E-state index is -3.68. The lowest BCUT2D eigenvalue weighted by molar-refractivity contribution is 0.0935. The Balaban J connectivity index is 1.71. The molecule has 0 aliphatic carbocycles. The van der Waals surface area contributed by atoms with Crippen molar-refractivity contribution in [2.75, 3.05) is 4.72 Å². The summed E-state index contributed by atoms with van der Waals surface area (Å²) in [4.78, 5) is 12.9. The Bertz CT molecular complexity index is 1120. The average molecular weight is 423 g/mol. The molecule has 156 valence electrons. The molecular weight excluding hydrogens is 396 g/mol. The molecule has 0 bridgehead atoms. The number of amides is 1. The summed E-state index contributed by atoms with van der Waals surface area (Å²) in [6.07, 6.45) is 0.769. The molecule has 1 amide bonds. The predicted octanol–water partition coefficient (Wildman–Crippen LogP) is 4.99. The molecule has 3 aromatic rings. The summed E-state index contributed by atoms with van der Waals surface area (Å²) in [6.45, 7) is 5.95. The molecule has 5 nitrogen and oxygen atoms in total. The second-order valence-corrected chi connectivity index (χ2v) is 8.97. The number of sulfonamides is 1. The van der Waals surface area contributed by atoms with E-state index in [1.165, 1.54) is 0 Å². The van der Waals surface area contributed by atoms with Crippen LogP contribution < -0.4 is 10.0 Å². The van der Waals surface area contributed by atoms with E-state index in [1.807, 2.05) is 45.0 Å². The molecule has 0 saturated carbocycles. The van der Waals surface area contributed by atoms with Crippen LogP contribution in [-0.4, -0.2) is 14.3 Å². The van der Waals surface area contributed by atoms with Crippen molar-refractivity contribution in [1.29, 1.82) is 0 Å². The van der Waals surface area contributed by atoms with Crippen molar-refractivity contribution in [3.8, 4) is 0 Å². The van der Waals surface area contributed by atoms with Crippen LogP contribution >= 0.6 is 0 Å². The fraction of sp³-hybridized carbons (Fsp3) is 0.208. The van der Waals surface area contributed by atoms with Crippen LogP contribution in [0.15, 0.2) is 77.7 Å². The first kappa shape index (κ1) is 21.6. The second-order valence-electron chi connectivity index (χ2n) is 7.29. The van der Waals surface area contributed by atoms with Gasteiger partial charge < -0.3 is 5.32 Å². The van der Waals surface area contributed by atoms with Gasteiger partial charge in [-0.1, -0.05) is 48.9 Å². The van der Waals surface area contributed by atoms with E-state index in [2.05, 4.69) is 10.0 Å². The van der Waals surface area contributed by atoms with Crippen molar-refractivity contribution in [1.82, 2.24) is 5.32 Å². The lowest BCUT2D eigenvalue weighted by atomic mass is 9.99. The normalized spacial score (nSPS) is 12.2. The van der Waals surface area contributed by atoms with Crippen LogP contribution in [0.2, 0.25) is 0 Å². The summed E-state index contributed by atoms with van der Waals surface area (Å²) >= 11 is 0. The second kappa shape index (κ2) is 9.13. The summed E-state index contributed by atoms with van der Waals surface area (Å²) in [5.41, 5.74) is 4.08. The van der Waals surface area contributed by atoms with Crippen LogP contribution in [0, 0.1) is 13.8 Å². The third-order valence-electron chi connectivity index (χ3n) is 5.01. The van der Waals surface area contributed by atoms with E-state index in [1.54, 1.807) is 48.5 Å². The molecule has 0 spiro atoms. The van der Waals surface area contributed by atoms with Crippen LogP contribution in [0.3, 0.4) is 0 Å². The van der Waals surface area contributed by atoms with Gasteiger partial charge in [-0.05, 0) is 67.8 Å². The van der Waals surface area contributed by atoms with E-state index >= 15 is 0 Å². The van der Waals surface area contributed by atoms with E-state index in [0.717, 1.165) is 23.1 Å². The molecule has 3 rings (SSSR count). The number of rotatable bonds is 7. The Hall–Kier alpha value is -3.12. The van der Waals surface area contributed by atoms with E-state index < -0.39 is 10.0 Å². The number of benzene rings is 3. The largest absolute Gasteiger partial charge is 0.345 e. The fourth-order valence-corrected chi connectivity index (χ4v) is 4.30. The molecule has 0 aliphatic heterocycles. The Morgan fingerprint density at radius 2 is 1.53 bits per heavy atom. The van der Waals surface area contributed by atoms with Gasteiger partial charge in [0.2, 0.25) is 0 Å². The summed E-state index contributed by atoms with van der Waals surface area (Å²) in [7, 11) is -3.68. The molecule has 0 fully saturated rings. The smallest absolute Gasteiger partial charge is 0.261 e. The van der Waals surface area contributed by atoms with Crippen LogP contribution in [-0.2, 0) is 10.0 Å².